The number of nitrogens with two attached hydrogens (primary N) is 1. The minimum absolute atomic E-state index is 0.0645. The van der Waals surface area contributed by atoms with Crippen LogP contribution in [0.2, 0.25) is 0 Å². The van der Waals surface area contributed by atoms with Crippen molar-refractivity contribution < 1.29 is 22.3 Å². The summed E-state index contributed by atoms with van der Waals surface area (Å²) in [6.07, 6.45) is -1.70. The molecule has 1 saturated heterocycles. The van der Waals surface area contributed by atoms with Crippen LogP contribution in [-0.2, 0) is 10.9 Å². The molecular formula is C14H18F4N2O. The summed E-state index contributed by atoms with van der Waals surface area (Å²) in [6.45, 7) is 0.698. The highest BCUT2D eigenvalue weighted by atomic mass is 19.4. The zero-order chi connectivity index (χ0) is 15.5. The van der Waals surface area contributed by atoms with Crippen LogP contribution in [0.25, 0.3) is 0 Å². The first-order valence-corrected chi connectivity index (χ1v) is 6.87. The summed E-state index contributed by atoms with van der Waals surface area (Å²) in [5.41, 5.74) is 1.07. The SMILES string of the molecule is NNC(CCC1CCCO1)c1cccc(C(F)(F)F)c1F. The Balaban J connectivity index is 2.13. The molecule has 1 aliphatic heterocycles. The van der Waals surface area contributed by atoms with Crippen molar-refractivity contribution in [3.05, 3.63) is 35.1 Å². The van der Waals surface area contributed by atoms with E-state index < -0.39 is 23.6 Å². The highest BCUT2D eigenvalue weighted by Gasteiger charge is 2.35. The predicted molar refractivity (Wildman–Crippen MR) is 69.7 cm³/mol. The molecule has 0 radical (unpaired) electrons. The molecule has 2 unspecified atom stereocenters. The van der Waals surface area contributed by atoms with Crippen molar-refractivity contribution in [2.75, 3.05) is 6.61 Å². The minimum Gasteiger partial charge on any atom is -0.378 e. The van der Waals surface area contributed by atoms with E-state index in [2.05, 4.69) is 5.43 Å². The molecule has 0 amide bonds. The normalized spacial score (nSPS) is 20.7. The van der Waals surface area contributed by atoms with Gasteiger partial charge in [0.2, 0.25) is 0 Å². The number of halogens is 4. The van der Waals surface area contributed by atoms with E-state index in [1.54, 1.807) is 0 Å². The van der Waals surface area contributed by atoms with E-state index >= 15 is 0 Å². The van der Waals surface area contributed by atoms with Crippen LogP contribution < -0.4 is 11.3 Å². The molecule has 3 nitrogen and oxygen atoms in total. The molecule has 0 aromatic heterocycles. The van der Waals surface area contributed by atoms with Crippen molar-refractivity contribution in [3.63, 3.8) is 0 Å². The Morgan fingerprint density at radius 1 is 1.38 bits per heavy atom. The molecule has 7 heteroatoms. The number of rotatable bonds is 5. The lowest BCUT2D eigenvalue weighted by molar-refractivity contribution is -0.140. The molecule has 0 bridgehead atoms. The second-order valence-corrected chi connectivity index (χ2v) is 5.14. The lowest BCUT2D eigenvalue weighted by Crippen LogP contribution is -2.30. The highest BCUT2D eigenvalue weighted by molar-refractivity contribution is 5.30. The molecule has 1 fully saturated rings. The number of hydrazine groups is 1. The highest BCUT2D eigenvalue weighted by Crippen LogP contribution is 2.35. The van der Waals surface area contributed by atoms with Gasteiger partial charge in [-0.15, -0.1) is 0 Å². The van der Waals surface area contributed by atoms with E-state index in [-0.39, 0.29) is 11.7 Å². The van der Waals surface area contributed by atoms with Crippen molar-refractivity contribution in [3.8, 4) is 0 Å². The smallest absolute Gasteiger partial charge is 0.378 e. The first-order chi connectivity index (χ1) is 9.93. The van der Waals surface area contributed by atoms with Gasteiger partial charge in [0.1, 0.15) is 5.82 Å². The zero-order valence-corrected chi connectivity index (χ0v) is 11.4. The molecule has 0 spiro atoms. The summed E-state index contributed by atoms with van der Waals surface area (Å²) in [4.78, 5) is 0. The molecule has 2 atom stereocenters. The maximum absolute atomic E-state index is 14.1. The molecule has 118 valence electrons. The van der Waals surface area contributed by atoms with Crippen LogP contribution in [0, 0.1) is 5.82 Å². The molecule has 1 aromatic rings. The Hall–Kier alpha value is -1.18. The molecular weight excluding hydrogens is 288 g/mol. The van der Waals surface area contributed by atoms with Crippen LogP contribution >= 0.6 is 0 Å². The van der Waals surface area contributed by atoms with Crippen molar-refractivity contribution in [2.24, 2.45) is 5.84 Å². The van der Waals surface area contributed by atoms with Crippen LogP contribution in [0.4, 0.5) is 17.6 Å². The third-order valence-corrected chi connectivity index (χ3v) is 3.71. The largest absolute Gasteiger partial charge is 0.419 e. The van der Waals surface area contributed by atoms with Crippen LogP contribution in [0.3, 0.4) is 0 Å². The van der Waals surface area contributed by atoms with E-state index in [0.717, 1.165) is 18.9 Å². The van der Waals surface area contributed by atoms with Gasteiger partial charge in [-0.2, -0.15) is 13.2 Å². The fraction of sp³-hybridized carbons (Fsp3) is 0.571. The first-order valence-electron chi connectivity index (χ1n) is 6.87. The summed E-state index contributed by atoms with van der Waals surface area (Å²) in [7, 11) is 0. The number of nitrogens with one attached hydrogen (secondary N) is 1. The lowest BCUT2D eigenvalue weighted by atomic mass is 9.97. The molecule has 3 N–H and O–H groups in total. The van der Waals surface area contributed by atoms with Gasteiger partial charge in [0.05, 0.1) is 11.7 Å². The van der Waals surface area contributed by atoms with E-state index in [0.29, 0.717) is 19.4 Å². The van der Waals surface area contributed by atoms with Crippen LogP contribution in [0.1, 0.15) is 42.9 Å². The van der Waals surface area contributed by atoms with Gasteiger partial charge >= 0.3 is 6.18 Å². The monoisotopic (exact) mass is 306 g/mol. The van der Waals surface area contributed by atoms with Crippen molar-refractivity contribution >= 4 is 0 Å². The van der Waals surface area contributed by atoms with Crippen LogP contribution in [0.15, 0.2) is 18.2 Å². The fourth-order valence-corrected chi connectivity index (χ4v) is 2.59. The second-order valence-electron chi connectivity index (χ2n) is 5.14. The maximum Gasteiger partial charge on any atom is 0.419 e. The first kappa shape index (κ1) is 16.2. The summed E-state index contributed by atoms with van der Waals surface area (Å²) < 4.78 is 57.7. The molecule has 21 heavy (non-hydrogen) atoms. The van der Waals surface area contributed by atoms with Gasteiger partial charge in [-0.3, -0.25) is 11.3 Å². The van der Waals surface area contributed by atoms with E-state index in [9.17, 15) is 17.6 Å². The van der Waals surface area contributed by atoms with E-state index in [1.165, 1.54) is 12.1 Å². The quantitative estimate of drug-likeness (QED) is 0.498. The van der Waals surface area contributed by atoms with E-state index in [1.807, 2.05) is 0 Å². The minimum atomic E-state index is -4.71. The topological polar surface area (TPSA) is 47.3 Å². The van der Waals surface area contributed by atoms with Gasteiger partial charge in [-0.25, -0.2) is 4.39 Å². The maximum atomic E-state index is 14.1. The second kappa shape index (κ2) is 6.72. The molecule has 0 saturated carbocycles. The fourth-order valence-electron chi connectivity index (χ4n) is 2.59. The van der Waals surface area contributed by atoms with Crippen molar-refractivity contribution in [2.45, 2.75) is 44.0 Å². The number of benzene rings is 1. The third kappa shape index (κ3) is 3.93. The molecule has 1 aromatic carbocycles. The van der Waals surface area contributed by atoms with Gasteiger partial charge in [0.15, 0.2) is 0 Å². The van der Waals surface area contributed by atoms with Crippen molar-refractivity contribution in [1.29, 1.82) is 0 Å². The Kier molecular flexibility index (Phi) is 5.18. The predicted octanol–water partition coefficient (Wildman–Crippen LogP) is 3.31. The van der Waals surface area contributed by atoms with Gasteiger partial charge in [0.25, 0.3) is 0 Å². The standard InChI is InChI=1S/C14H18F4N2O/c15-13-10(4-1-5-11(13)14(16,17)18)12(20-19)7-6-9-3-2-8-21-9/h1,4-5,9,12,20H,2-3,6-8,19H2. The number of hydrogen-bond donors (Lipinski definition) is 2. The molecule has 2 rings (SSSR count). The molecule has 1 heterocycles. The summed E-state index contributed by atoms with van der Waals surface area (Å²) in [5.74, 6) is 4.12. The summed E-state index contributed by atoms with van der Waals surface area (Å²) in [5, 5.41) is 0. The van der Waals surface area contributed by atoms with Crippen LogP contribution in [-0.4, -0.2) is 12.7 Å². The van der Waals surface area contributed by atoms with Crippen LogP contribution in [0.5, 0.6) is 0 Å². The Morgan fingerprint density at radius 2 is 2.14 bits per heavy atom. The molecule has 0 aliphatic carbocycles. The van der Waals surface area contributed by atoms with Gasteiger partial charge in [-0.05, 0) is 31.7 Å². The lowest BCUT2D eigenvalue weighted by Gasteiger charge is -2.20. The Labute approximate surface area is 120 Å². The van der Waals surface area contributed by atoms with E-state index in [4.69, 9.17) is 10.6 Å². The summed E-state index contributed by atoms with van der Waals surface area (Å²) in [6, 6.07) is 2.57. The Bertz CT molecular complexity index is 473. The third-order valence-electron chi connectivity index (χ3n) is 3.71. The average molecular weight is 306 g/mol. The summed E-state index contributed by atoms with van der Waals surface area (Å²) >= 11 is 0. The zero-order valence-electron chi connectivity index (χ0n) is 11.4. The van der Waals surface area contributed by atoms with Crippen molar-refractivity contribution in [1.82, 2.24) is 5.43 Å². The average Bonchev–Trinajstić information content (AvgIpc) is 2.93. The number of alkyl halides is 3. The van der Waals surface area contributed by atoms with Gasteiger partial charge in [0, 0.05) is 18.2 Å². The Morgan fingerprint density at radius 3 is 2.71 bits per heavy atom. The number of hydrogen-bond acceptors (Lipinski definition) is 3. The molecule has 1 aliphatic rings. The van der Waals surface area contributed by atoms with Gasteiger partial charge in [-0.1, -0.05) is 12.1 Å². The van der Waals surface area contributed by atoms with Gasteiger partial charge < -0.3 is 4.74 Å². The number of ether oxygens (including phenoxy) is 1.